The second-order valence-electron chi connectivity index (χ2n) is 6.17. The summed E-state index contributed by atoms with van der Waals surface area (Å²) in [6.07, 6.45) is -8.01. The number of pyridine rings is 1. The van der Waals surface area contributed by atoms with Crippen LogP contribution in [0.25, 0.3) is 0 Å². The van der Waals surface area contributed by atoms with Crippen molar-refractivity contribution in [2.75, 3.05) is 12.0 Å². The quantitative estimate of drug-likeness (QED) is 0.420. The van der Waals surface area contributed by atoms with Gasteiger partial charge in [-0.25, -0.2) is 10.8 Å². The van der Waals surface area contributed by atoms with E-state index in [9.17, 15) is 26.3 Å². The van der Waals surface area contributed by atoms with E-state index in [1.165, 1.54) is 18.2 Å². The number of para-hydroxylation sites is 1. The van der Waals surface area contributed by atoms with E-state index in [0.717, 1.165) is 12.3 Å². The summed E-state index contributed by atoms with van der Waals surface area (Å²) in [6, 6.07) is 6.73. The van der Waals surface area contributed by atoms with Gasteiger partial charge in [0.1, 0.15) is 17.1 Å². The van der Waals surface area contributed by atoms with E-state index in [-0.39, 0.29) is 24.2 Å². The number of halogens is 6. The zero-order valence-electron chi connectivity index (χ0n) is 14.1. The number of benzene rings is 1. The topological polar surface area (TPSA) is 69.4 Å². The first-order chi connectivity index (χ1) is 13.1. The van der Waals surface area contributed by atoms with Crippen molar-refractivity contribution in [3.05, 3.63) is 47.7 Å². The maximum absolute atomic E-state index is 13.2. The molecule has 1 aromatic heterocycles. The Hall–Kier alpha value is -2.69. The van der Waals surface area contributed by atoms with E-state index in [0.29, 0.717) is 12.0 Å². The van der Waals surface area contributed by atoms with Crippen LogP contribution in [0.1, 0.15) is 23.5 Å². The van der Waals surface area contributed by atoms with E-state index < -0.39 is 29.7 Å². The van der Waals surface area contributed by atoms with Crippen molar-refractivity contribution in [3.8, 4) is 11.5 Å². The summed E-state index contributed by atoms with van der Waals surface area (Å²) in [5, 5.41) is 0. The van der Waals surface area contributed by atoms with Crippen molar-refractivity contribution < 1.29 is 35.8 Å². The molecule has 0 amide bonds. The highest BCUT2D eigenvalue weighted by Crippen LogP contribution is 2.51. The molecule has 0 saturated heterocycles. The fourth-order valence-electron chi connectivity index (χ4n) is 2.96. The largest absolute Gasteiger partial charge is 0.573 e. The summed E-state index contributed by atoms with van der Waals surface area (Å²) >= 11 is 0. The predicted octanol–water partition coefficient (Wildman–Crippen LogP) is 4.47. The number of ether oxygens (including phenoxy) is 2. The number of hydrogen-bond donors (Lipinski definition) is 2. The molecule has 1 saturated carbocycles. The Morgan fingerprint density at radius 1 is 1.07 bits per heavy atom. The average Bonchev–Trinajstić information content (AvgIpc) is 3.37. The smallest absolute Gasteiger partial charge is 0.492 e. The van der Waals surface area contributed by atoms with Gasteiger partial charge in [-0.1, -0.05) is 18.2 Å². The molecule has 3 N–H and O–H groups in total. The maximum atomic E-state index is 13.2. The Morgan fingerprint density at radius 2 is 1.79 bits per heavy atom. The van der Waals surface area contributed by atoms with Crippen LogP contribution < -0.4 is 20.7 Å². The molecule has 1 fully saturated rings. The Labute approximate surface area is 155 Å². The molecule has 0 spiro atoms. The third-order valence-corrected chi connectivity index (χ3v) is 4.25. The number of rotatable bonds is 6. The summed E-state index contributed by atoms with van der Waals surface area (Å²) in [5.74, 6) is 3.16. The maximum Gasteiger partial charge on any atom is 0.573 e. The summed E-state index contributed by atoms with van der Waals surface area (Å²) in [7, 11) is 0. The van der Waals surface area contributed by atoms with Crippen molar-refractivity contribution in [3.63, 3.8) is 0 Å². The molecule has 2 aromatic rings. The number of nitrogens with zero attached hydrogens (tertiary/aromatic N) is 1. The fraction of sp³-hybridized carbons (Fsp3) is 0.353. The minimum Gasteiger partial charge on any atom is -0.492 e. The lowest BCUT2D eigenvalue weighted by Gasteiger charge is -2.16. The van der Waals surface area contributed by atoms with Gasteiger partial charge in [0.15, 0.2) is 5.82 Å². The Balaban J connectivity index is 1.72. The van der Waals surface area contributed by atoms with Crippen molar-refractivity contribution in [1.29, 1.82) is 0 Å². The molecule has 1 aromatic carbocycles. The van der Waals surface area contributed by atoms with E-state index in [2.05, 4.69) is 9.72 Å². The number of aromatic nitrogens is 1. The Morgan fingerprint density at radius 3 is 2.43 bits per heavy atom. The first kappa shape index (κ1) is 20.1. The highest BCUT2D eigenvalue weighted by Gasteiger charge is 2.43. The molecule has 0 unspecified atom stereocenters. The first-order valence-corrected chi connectivity index (χ1v) is 8.10. The monoisotopic (exact) mass is 407 g/mol. The summed E-state index contributed by atoms with van der Waals surface area (Å²) < 4.78 is 86.6. The molecular weight excluding hydrogens is 392 g/mol. The lowest BCUT2D eigenvalue weighted by Crippen LogP contribution is -2.18. The lowest BCUT2D eigenvalue weighted by atomic mass is 10.1. The van der Waals surface area contributed by atoms with Crippen molar-refractivity contribution in [1.82, 2.24) is 4.98 Å². The number of nitrogen functional groups attached to an aromatic ring is 1. The summed E-state index contributed by atoms with van der Waals surface area (Å²) in [4.78, 5) is 3.52. The van der Waals surface area contributed by atoms with Crippen LogP contribution in [0, 0.1) is 5.92 Å². The predicted molar refractivity (Wildman–Crippen MR) is 86.5 cm³/mol. The van der Waals surface area contributed by atoms with Crippen LogP contribution in [0.2, 0.25) is 0 Å². The fourth-order valence-corrected chi connectivity index (χ4v) is 2.96. The number of nitrogens with two attached hydrogens (primary N) is 1. The van der Waals surface area contributed by atoms with E-state index in [1.807, 2.05) is 5.43 Å². The van der Waals surface area contributed by atoms with Crippen LogP contribution in [-0.2, 0) is 6.18 Å². The van der Waals surface area contributed by atoms with Crippen molar-refractivity contribution in [2.24, 2.45) is 11.8 Å². The SMILES string of the molecule is NNc1nccc(OC[C@H]2C[C@@H]2c2ccccc2OC(F)(F)F)c1C(F)(F)F. The standard InChI is InChI=1S/C17H15F6N3O2/c18-16(19,20)14-13(5-6-25-15(14)26-24)27-8-9-7-11(9)10-3-1-2-4-12(10)28-17(21,22)23/h1-6,9,11H,7-8,24H2,(H,25,26)/t9-,11+/m1/s1. The van der Waals surface area contributed by atoms with Gasteiger partial charge in [-0.05, 0) is 30.0 Å². The number of nitrogens with one attached hydrogen (secondary N) is 1. The zero-order chi connectivity index (χ0) is 20.5. The second-order valence-corrected chi connectivity index (χ2v) is 6.17. The van der Waals surface area contributed by atoms with Crippen LogP contribution in [0.5, 0.6) is 11.5 Å². The van der Waals surface area contributed by atoms with Gasteiger partial charge < -0.3 is 14.9 Å². The van der Waals surface area contributed by atoms with Gasteiger partial charge in [-0.15, -0.1) is 13.2 Å². The number of alkyl halides is 6. The third kappa shape index (κ3) is 4.58. The second kappa shape index (κ2) is 7.38. The van der Waals surface area contributed by atoms with Crippen LogP contribution in [0.3, 0.4) is 0 Å². The molecule has 1 aliphatic carbocycles. The molecule has 0 aliphatic heterocycles. The van der Waals surface area contributed by atoms with Gasteiger partial charge in [0.2, 0.25) is 0 Å². The molecule has 3 rings (SSSR count). The molecule has 0 bridgehead atoms. The van der Waals surface area contributed by atoms with Crippen molar-refractivity contribution in [2.45, 2.75) is 24.9 Å². The van der Waals surface area contributed by atoms with Gasteiger partial charge in [0.05, 0.1) is 6.61 Å². The van der Waals surface area contributed by atoms with Gasteiger partial charge in [0, 0.05) is 12.1 Å². The summed E-state index contributed by atoms with van der Waals surface area (Å²) in [5.41, 5.74) is 1.07. The molecule has 11 heteroatoms. The molecule has 1 heterocycles. The molecule has 1 aliphatic rings. The molecule has 2 atom stereocenters. The van der Waals surface area contributed by atoms with Crippen LogP contribution in [0.15, 0.2) is 36.5 Å². The Kier molecular flexibility index (Phi) is 5.28. The highest BCUT2D eigenvalue weighted by molar-refractivity contribution is 5.52. The van der Waals surface area contributed by atoms with Gasteiger partial charge in [-0.3, -0.25) is 0 Å². The average molecular weight is 407 g/mol. The Bertz CT molecular complexity index is 840. The van der Waals surface area contributed by atoms with Crippen molar-refractivity contribution >= 4 is 5.82 Å². The minimum atomic E-state index is -4.83. The van der Waals surface area contributed by atoms with E-state index in [1.54, 1.807) is 6.07 Å². The number of anilines is 1. The summed E-state index contributed by atoms with van der Waals surface area (Å²) in [6.45, 7) is -0.109. The van der Waals surface area contributed by atoms with Gasteiger partial charge in [-0.2, -0.15) is 13.2 Å². The number of hydrazine groups is 1. The van der Waals surface area contributed by atoms with E-state index >= 15 is 0 Å². The molecule has 5 nitrogen and oxygen atoms in total. The molecule has 28 heavy (non-hydrogen) atoms. The third-order valence-electron chi connectivity index (χ3n) is 4.25. The normalized spacial score (nSPS) is 19.2. The minimum absolute atomic E-state index is 0.109. The molecular formula is C17H15F6N3O2. The molecule has 0 radical (unpaired) electrons. The zero-order valence-corrected chi connectivity index (χ0v) is 14.1. The van der Waals surface area contributed by atoms with Gasteiger partial charge in [0.25, 0.3) is 0 Å². The molecule has 152 valence electrons. The lowest BCUT2D eigenvalue weighted by molar-refractivity contribution is -0.274. The highest BCUT2D eigenvalue weighted by atomic mass is 19.4. The van der Waals surface area contributed by atoms with Gasteiger partial charge >= 0.3 is 12.5 Å². The first-order valence-electron chi connectivity index (χ1n) is 8.10. The number of hydrogen-bond acceptors (Lipinski definition) is 5. The van der Waals surface area contributed by atoms with Crippen LogP contribution in [0.4, 0.5) is 32.2 Å². The van der Waals surface area contributed by atoms with Crippen LogP contribution >= 0.6 is 0 Å². The van der Waals surface area contributed by atoms with E-state index in [4.69, 9.17) is 10.6 Å². The van der Waals surface area contributed by atoms with Crippen LogP contribution in [-0.4, -0.2) is 18.0 Å².